The fourth-order valence-corrected chi connectivity index (χ4v) is 5.98. The van der Waals surface area contributed by atoms with Crippen molar-refractivity contribution in [3.05, 3.63) is 95.6 Å². The molecule has 5 rings (SSSR count). The van der Waals surface area contributed by atoms with Crippen molar-refractivity contribution in [2.75, 3.05) is 39.3 Å². The van der Waals surface area contributed by atoms with E-state index in [0.29, 0.717) is 12.8 Å². The van der Waals surface area contributed by atoms with Gasteiger partial charge >= 0.3 is 12.1 Å². The van der Waals surface area contributed by atoms with Crippen LogP contribution in [0.1, 0.15) is 42.4 Å². The second kappa shape index (κ2) is 14.0. The molecule has 2 aliphatic rings. The molecule has 0 aromatic heterocycles. The Morgan fingerprint density at radius 2 is 1.38 bits per heavy atom. The molecule has 0 radical (unpaired) electrons. The minimum atomic E-state index is -4.18. The normalized spacial score (nSPS) is 16.0. The Hall–Kier alpha value is -3.69. The first-order valence-corrected chi connectivity index (χ1v) is 14.4. The van der Waals surface area contributed by atoms with Crippen molar-refractivity contribution >= 4 is 11.9 Å². The Morgan fingerprint density at radius 3 is 1.95 bits per heavy atom. The average Bonchev–Trinajstić information content (AvgIpc) is 3.09. The van der Waals surface area contributed by atoms with Gasteiger partial charge in [0, 0.05) is 19.6 Å². The largest absolute Gasteiger partial charge is 0.480 e. The van der Waals surface area contributed by atoms with E-state index >= 15 is 0 Å². The third-order valence-corrected chi connectivity index (χ3v) is 8.08. The van der Waals surface area contributed by atoms with Crippen LogP contribution in [0.4, 0.5) is 13.2 Å². The van der Waals surface area contributed by atoms with Crippen molar-refractivity contribution in [2.24, 2.45) is 5.73 Å². The molecular weight excluding hydrogens is 543 g/mol. The van der Waals surface area contributed by atoms with Crippen molar-refractivity contribution in [1.29, 1.82) is 0 Å². The van der Waals surface area contributed by atoms with E-state index < -0.39 is 24.1 Å². The van der Waals surface area contributed by atoms with E-state index in [4.69, 9.17) is 0 Å². The molecule has 224 valence electrons. The van der Waals surface area contributed by atoms with Gasteiger partial charge in [0.05, 0.1) is 13.0 Å². The van der Waals surface area contributed by atoms with Crippen molar-refractivity contribution in [2.45, 2.75) is 43.7 Å². The van der Waals surface area contributed by atoms with Gasteiger partial charge in [-0.25, -0.2) is 0 Å². The quantitative estimate of drug-likeness (QED) is 0.344. The van der Waals surface area contributed by atoms with Gasteiger partial charge in [-0.05, 0) is 60.2 Å². The van der Waals surface area contributed by atoms with E-state index in [2.05, 4.69) is 10.6 Å². The third kappa shape index (κ3) is 7.38. The van der Waals surface area contributed by atoms with Crippen molar-refractivity contribution in [3.8, 4) is 11.1 Å². The van der Waals surface area contributed by atoms with Crippen LogP contribution in [0, 0.1) is 0 Å². The monoisotopic (exact) mass is 581 g/mol. The molecule has 0 bridgehead atoms. The number of aliphatic carboxylic acids is 1. The number of nitrogens with two attached hydrogens (primary N) is 1. The van der Waals surface area contributed by atoms with Crippen molar-refractivity contribution in [1.82, 2.24) is 9.80 Å². The summed E-state index contributed by atoms with van der Waals surface area (Å²) in [5.74, 6) is -0.563. The smallest absolute Gasteiger partial charge is 0.400 e. The van der Waals surface area contributed by atoms with E-state index in [1.165, 1.54) is 0 Å². The zero-order chi connectivity index (χ0) is 30.2. The molecule has 1 amide bonds. The second-order valence-corrected chi connectivity index (χ2v) is 10.8. The lowest BCUT2D eigenvalue weighted by molar-refractivity contribution is -0.142. The number of hydrogen-bond acceptors (Lipinski definition) is 4. The lowest BCUT2D eigenvalue weighted by atomic mass is 9.74. The summed E-state index contributed by atoms with van der Waals surface area (Å²) in [5.41, 5.74) is 8.19. The summed E-state index contributed by atoms with van der Waals surface area (Å²) in [5, 5.41) is 10.5. The lowest BCUT2D eigenvalue weighted by Gasteiger charge is -2.28. The fraction of sp³-hybridized carbons (Fsp3) is 0.394. The number of carbonyl (C=O) groups is 2. The molecule has 6 nitrogen and oxygen atoms in total. The summed E-state index contributed by atoms with van der Waals surface area (Å²) in [7, 11) is 0. The molecule has 0 saturated carbocycles. The second-order valence-electron chi connectivity index (χ2n) is 10.8. The molecule has 1 aliphatic carbocycles. The van der Waals surface area contributed by atoms with E-state index in [-0.39, 0.29) is 5.91 Å². The molecular formula is C33H38F3N3O3. The molecule has 9 heteroatoms. The van der Waals surface area contributed by atoms with Crippen LogP contribution in [0.5, 0.6) is 0 Å². The summed E-state index contributed by atoms with van der Waals surface area (Å²) in [6.07, 6.45) is -0.382. The highest BCUT2D eigenvalue weighted by Gasteiger charge is 2.48. The van der Waals surface area contributed by atoms with Crippen LogP contribution < -0.4 is 5.73 Å². The highest BCUT2D eigenvalue weighted by atomic mass is 19.4. The number of fused-ring (bicyclic) bond motifs is 3. The molecule has 1 heterocycles. The number of alkyl halides is 3. The standard InChI is InChI=1S/C31H34N2O3.C2H4F3N/c34-29(23-24-11-2-1-3-12-24)33-20-10-19-32(21-22-33)18-9-8-17-31(30(35)36)27-15-6-4-13-25(27)26-14-5-7-16-28(26)31;3-2(4,5)1-6/h1-7,11-16H,8-10,17-23H2,(H,35,36);1,6H2. The first kappa shape index (κ1) is 31.3. The van der Waals surface area contributed by atoms with Gasteiger partial charge in [-0.3, -0.25) is 9.59 Å². The molecule has 3 aromatic carbocycles. The summed E-state index contributed by atoms with van der Waals surface area (Å²) in [6, 6.07) is 25.9. The van der Waals surface area contributed by atoms with Crippen LogP contribution in [0.2, 0.25) is 0 Å². The molecule has 1 saturated heterocycles. The molecule has 0 unspecified atom stereocenters. The van der Waals surface area contributed by atoms with Gasteiger partial charge in [0.1, 0.15) is 5.41 Å². The first-order chi connectivity index (χ1) is 20.2. The van der Waals surface area contributed by atoms with E-state index in [0.717, 1.165) is 79.8 Å². The lowest BCUT2D eigenvalue weighted by Crippen LogP contribution is -2.36. The number of carboxylic acid groups (broad SMARTS) is 1. The number of nitrogens with zero attached hydrogens (tertiary/aromatic N) is 2. The van der Waals surface area contributed by atoms with Crippen molar-refractivity contribution < 1.29 is 27.9 Å². The van der Waals surface area contributed by atoms with Gasteiger partial charge in [-0.1, -0.05) is 85.3 Å². The van der Waals surface area contributed by atoms with Crippen LogP contribution in [-0.4, -0.2) is 72.2 Å². The Kier molecular flexibility index (Phi) is 10.4. The zero-order valence-corrected chi connectivity index (χ0v) is 23.7. The number of carbonyl (C=O) groups excluding carboxylic acids is 1. The van der Waals surface area contributed by atoms with Gasteiger partial charge in [0.15, 0.2) is 0 Å². The summed E-state index contributed by atoms with van der Waals surface area (Å²) >= 11 is 0. The van der Waals surface area contributed by atoms with Crippen molar-refractivity contribution in [3.63, 3.8) is 0 Å². The molecule has 0 atom stereocenters. The molecule has 0 spiro atoms. The van der Waals surface area contributed by atoms with E-state index in [9.17, 15) is 27.9 Å². The maximum absolute atomic E-state index is 12.8. The number of halogens is 3. The van der Waals surface area contributed by atoms with Crippen LogP contribution in [0.25, 0.3) is 11.1 Å². The van der Waals surface area contributed by atoms with Crippen LogP contribution >= 0.6 is 0 Å². The highest BCUT2D eigenvalue weighted by molar-refractivity contribution is 5.97. The SMILES string of the molecule is NCC(F)(F)F.O=C(Cc1ccccc1)N1CCCN(CCCCC2(C(=O)O)c3ccccc3-c3ccccc32)CC1. The number of carboxylic acids is 1. The molecule has 3 aromatic rings. The number of hydrogen-bond donors (Lipinski definition) is 2. The number of benzene rings is 3. The third-order valence-electron chi connectivity index (χ3n) is 8.08. The molecule has 42 heavy (non-hydrogen) atoms. The average molecular weight is 582 g/mol. The minimum absolute atomic E-state index is 0.199. The van der Waals surface area contributed by atoms with Crippen LogP contribution in [0.15, 0.2) is 78.9 Å². The van der Waals surface area contributed by atoms with Crippen LogP contribution in [0.3, 0.4) is 0 Å². The fourth-order valence-electron chi connectivity index (χ4n) is 5.98. The molecule has 3 N–H and O–H groups in total. The maximum Gasteiger partial charge on any atom is 0.400 e. The molecule has 1 fully saturated rings. The van der Waals surface area contributed by atoms with E-state index in [1.807, 2.05) is 83.8 Å². The van der Waals surface area contributed by atoms with Gasteiger partial charge in [0.2, 0.25) is 5.91 Å². The summed E-state index contributed by atoms with van der Waals surface area (Å²) in [6.45, 7) is 3.11. The van der Waals surface area contributed by atoms with Gasteiger partial charge in [0.25, 0.3) is 0 Å². The van der Waals surface area contributed by atoms with Gasteiger partial charge in [-0.2, -0.15) is 13.2 Å². The predicted octanol–water partition coefficient (Wildman–Crippen LogP) is 5.49. The van der Waals surface area contributed by atoms with Gasteiger partial charge < -0.3 is 20.6 Å². The Morgan fingerprint density at radius 1 is 0.810 bits per heavy atom. The zero-order valence-electron chi connectivity index (χ0n) is 23.7. The predicted molar refractivity (Wildman–Crippen MR) is 157 cm³/mol. The Labute approximate surface area is 244 Å². The number of amides is 1. The van der Waals surface area contributed by atoms with Gasteiger partial charge in [-0.15, -0.1) is 0 Å². The first-order valence-electron chi connectivity index (χ1n) is 14.4. The van der Waals surface area contributed by atoms with E-state index in [1.54, 1.807) is 0 Å². The molecule has 1 aliphatic heterocycles. The maximum atomic E-state index is 12.8. The number of rotatable bonds is 8. The Balaban J connectivity index is 0.000000612. The number of unbranched alkanes of at least 4 members (excludes halogenated alkanes) is 1. The Bertz CT molecular complexity index is 1300. The highest BCUT2D eigenvalue weighted by Crippen LogP contribution is 2.51. The summed E-state index contributed by atoms with van der Waals surface area (Å²) in [4.78, 5) is 30.0. The van der Waals surface area contributed by atoms with Crippen LogP contribution in [-0.2, 0) is 21.4 Å². The summed E-state index contributed by atoms with van der Waals surface area (Å²) < 4.78 is 32.0. The topological polar surface area (TPSA) is 86.9 Å². The minimum Gasteiger partial charge on any atom is -0.480 e.